The van der Waals surface area contributed by atoms with Crippen LogP contribution in [0.2, 0.25) is 0 Å². The van der Waals surface area contributed by atoms with Crippen molar-refractivity contribution in [3.05, 3.63) is 45.0 Å². The minimum absolute atomic E-state index is 0.0509. The monoisotopic (exact) mass is 282 g/mol. The van der Waals surface area contributed by atoms with Gasteiger partial charge >= 0.3 is 5.69 Å². The molecule has 0 atom stereocenters. The largest absolute Gasteiger partial charge is 0.341 e. The van der Waals surface area contributed by atoms with Gasteiger partial charge in [-0.3, -0.25) is 9.78 Å². The van der Waals surface area contributed by atoms with Gasteiger partial charge in [-0.15, -0.1) is 5.10 Å². The van der Waals surface area contributed by atoms with Crippen molar-refractivity contribution in [2.24, 2.45) is 0 Å². The summed E-state index contributed by atoms with van der Waals surface area (Å²) in [7, 11) is 0. The van der Waals surface area contributed by atoms with Crippen molar-refractivity contribution in [1.29, 1.82) is 0 Å². The van der Waals surface area contributed by atoms with E-state index in [0.717, 1.165) is 4.47 Å². The highest BCUT2D eigenvalue weighted by Crippen LogP contribution is 2.15. The molecule has 0 fully saturated rings. The third kappa shape index (κ3) is 2.37. The van der Waals surface area contributed by atoms with Crippen LogP contribution in [0.3, 0.4) is 0 Å². The van der Waals surface area contributed by atoms with Gasteiger partial charge in [0.2, 0.25) is 5.82 Å². The molecule has 1 heterocycles. The van der Waals surface area contributed by atoms with Crippen LogP contribution >= 0.6 is 15.9 Å². The van der Waals surface area contributed by atoms with Gasteiger partial charge in [-0.1, -0.05) is 22.0 Å². The SMILES string of the molecule is O=C(Nc1cccc(Br)c1)c1n[nH]c(=O)[nH]1. The third-order valence-corrected chi connectivity index (χ3v) is 2.29. The molecule has 3 N–H and O–H groups in total. The number of amides is 1. The van der Waals surface area contributed by atoms with E-state index in [2.05, 4.69) is 36.4 Å². The second-order valence-electron chi connectivity index (χ2n) is 2.99. The Labute approximate surface area is 98.2 Å². The average molecular weight is 283 g/mol. The number of benzene rings is 1. The number of nitrogens with zero attached hydrogens (tertiary/aromatic N) is 1. The molecule has 82 valence electrons. The molecule has 0 aliphatic carbocycles. The molecule has 0 spiro atoms. The summed E-state index contributed by atoms with van der Waals surface area (Å²) in [6, 6.07) is 7.09. The Hall–Kier alpha value is -1.89. The van der Waals surface area contributed by atoms with Gasteiger partial charge in [-0.2, -0.15) is 0 Å². The van der Waals surface area contributed by atoms with Crippen molar-refractivity contribution in [1.82, 2.24) is 15.2 Å². The highest BCUT2D eigenvalue weighted by Gasteiger charge is 2.09. The lowest BCUT2D eigenvalue weighted by molar-refractivity contribution is 0.101. The molecule has 0 saturated carbocycles. The van der Waals surface area contributed by atoms with Crippen LogP contribution in [0.5, 0.6) is 0 Å². The highest BCUT2D eigenvalue weighted by atomic mass is 79.9. The Morgan fingerprint density at radius 2 is 2.25 bits per heavy atom. The Kier molecular flexibility index (Phi) is 2.86. The second-order valence-corrected chi connectivity index (χ2v) is 3.91. The fourth-order valence-electron chi connectivity index (χ4n) is 1.13. The third-order valence-electron chi connectivity index (χ3n) is 1.80. The number of hydrogen-bond acceptors (Lipinski definition) is 3. The molecular formula is C9H7BrN4O2. The summed E-state index contributed by atoms with van der Waals surface area (Å²) in [5.41, 5.74) is 0.0996. The lowest BCUT2D eigenvalue weighted by atomic mass is 10.3. The normalized spacial score (nSPS) is 10.1. The van der Waals surface area contributed by atoms with Crippen molar-refractivity contribution in [2.45, 2.75) is 0 Å². The Bertz CT molecular complexity index is 575. The number of H-pyrrole nitrogens is 2. The van der Waals surface area contributed by atoms with E-state index in [1.807, 2.05) is 6.07 Å². The molecule has 0 aliphatic rings. The molecule has 7 heteroatoms. The summed E-state index contributed by atoms with van der Waals surface area (Å²) in [5.74, 6) is -0.526. The molecule has 0 saturated heterocycles. The van der Waals surface area contributed by atoms with Gasteiger partial charge in [0.25, 0.3) is 5.91 Å². The number of carbonyl (C=O) groups is 1. The van der Waals surface area contributed by atoms with Crippen molar-refractivity contribution >= 4 is 27.5 Å². The standard InChI is InChI=1S/C9H7BrN4O2/c10-5-2-1-3-6(4-5)11-8(15)7-12-9(16)14-13-7/h1-4H,(H,11,15)(H2,12,13,14,16). The van der Waals surface area contributed by atoms with E-state index in [0.29, 0.717) is 5.69 Å². The topological polar surface area (TPSA) is 90.6 Å². The molecule has 0 unspecified atom stereocenters. The minimum atomic E-state index is -0.514. The Morgan fingerprint density at radius 1 is 1.44 bits per heavy atom. The molecule has 2 rings (SSSR count). The highest BCUT2D eigenvalue weighted by molar-refractivity contribution is 9.10. The number of halogens is 1. The van der Waals surface area contributed by atoms with Crippen molar-refractivity contribution in [3.63, 3.8) is 0 Å². The van der Waals surface area contributed by atoms with Gasteiger partial charge in [0.15, 0.2) is 0 Å². The number of anilines is 1. The van der Waals surface area contributed by atoms with Crippen LogP contribution in [0, 0.1) is 0 Å². The van der Waals surface area contributed by atoms with Crippen molar-refractivity contribution in [2.75, 3.05) is 5.32 Å². The summed E-state index contributed by atoms with van der Waals surface area (Å²) in [6.45, 7) is 0. The minimum Gasteiger partial charge on any atom is -0.319 e. The number of aromatic nitrogens is 3. The van der Waals surface area contributed by atoms with E-state index >= 15 is 0 Å². The zero-order valence-corrected chi connectivity index (χ0v) is 9.54. The summed E-state index contributed by atoms with van der Waals surface area (Å²) >= 11 is 3.28. The van der Waals surface area contributed by atoms with Crippen LogP contribution < -0.4 is 11.0 Å². The zero-order valence-electron chi connectivity index (χ0n) is 7.95. The molecule has 2 aromatic rings. The van der Waals surface area contributed by atoms with Crippen molar-refractivity contribution < 1.29 is 4.79 Å². The molecular weight excluding hydrogens is 276 g/mol. The van der Waals surface area contributed by atoms with Gasteiger partial charge < -0.3 is 5.32 Å². The fraction of sp³-hybridized carbons (Fsp3) is 0. The molecule has 0 bridgehead atoms. The van der Waals surface area contributed by atoms with E-state index in [9.17, 15) is 9.59 Å². The van der Waals surface area contributed by atoms with Crippen LogP contribution in [-0.4, -0.2) is 21.1 Å². The Morgan fingerprint density at radius 3 is 2.88 bits per heavy atom. The zero-order chi connectivity index (χ0) is 11.5. The maximum absolute atomic E-state index is 11.6. The first-order valence-electron chi connectivity index (χ1n) is 4.37. The summed E-state index contributed by atoms with van der Waals surface area (Å²) in [4.78, 5) is 24.6. The quantitative estimate of drug-likeness (QED) is 0.771. The van der Waals surface area contributed by atoms with Gasteiger partial charge in [0.05, 0.1) is 0 Å². The van der Waals surface area contributed by atoms with E-state index in [1.165, 1.54) is 0 Å². The maximum Gasteiger partial charge on any atom is 0.341 e. The van der Waals surface area contributed by atoms with E-state index < -0.39 is 11.6 Å². The molecule has 1 aromatic heterocycles. The molecule has 0 aliphatic heterocycles. The van der Waals surface area contributed by atoms with Crippen LogP contribution in [0.25, 0.3) is 0 Å². The first-order valence-corrected chi connectivity index (χ1v) is 5.16. The van der Waals surface area contributed by atoms with Crippen LogP contribution in [0.1, 0.15) is 10.6 Å². The molecule has 6 nitrogen and oxygen atoms in total. The first-order chi connectivity index (χ1) is 7.65. The van der Waals surface area contributed by atoms with Crippen LogP contribution in [0.15, 0.2) is 33.5 Å². The summed E-state index contributed by atoms with van der Waals surface area (Å²) in [6.07, 6.45) is 0. The molecule has 1 amide bonds. The lowest BCUT2D eigenvalue weighted by Gasteiger charge is -2.02. The molecule has 0 radical (unpaired) electrons. The number of rotatable bonds is 2. The summed E-state index contributed by atoms with van der Waals surface area (Å²) in [5, 5.41) is 8.22. The van der Waals surface area contributed by atoms with Crippen LogP contribution in [-0.2, 0) is 0 Å². The Balaban J connectivity index is 2.16. The van der Waals surface area contributed by atoms with E-state index in [4.69, 9.17) is 0 Å². The maximum atomic E-state index is 11.6. The number of aromatic amines is 2. The molecule has 1 aromatic carbocycles. The van der Waals surface area contributed by atoms with Gasteiger partial charge in [0.1, 0.15) is 0 Å². The van der Waals surface area contributed by atoms with Crippen molar-refractivity contribution in [3.8, 4) is 0 Å². The number of hydrogen-bond donors (Lipinski definition) is 3. The van der Waals surface area contributed by atoms with Crippen LogP contribution in [0.4, 0.5) is 5.69 Å². The molecule has 16 heavy (non-hydrogen) atoms. The van der Waals surface area contributed by atoms with E-state index in [1.54, 1.807) is 18.2 Å². The van der Waals surface area contributed by atoms with Gasteiger partial charge in [0, 0.05) is 10.2 Å². The van der Waals surface area contributed by atoms with Gasteiger partial charge in [-0.05, 0) is 18.2 Å². The predicted octanol–water partition coefficient (Wildman–Crippen LogP) is 1.11. The van der Waals surface area contributed by atoms with Gasteiger partial charge in [-0.25, -0.2) is 9.89 Å². The van der Waals surface area contributed by atoms with E-state index in [-0.39, 0.29) is 5.82 Å². The second kappa shape index (κ2) is 4.31. The predicted molar refractivity (Wildman–Crippen MR) is 61.3 cm³/mol. The smallest absolute Gasteiger partial charge is 0.319 e. The summed E-state index contributed by atoms with van der Waals surface area (Å²) < 4.78 is 0.848. The number of nitrogens with one attached hydrogen (secondary N) is 3. The average Bonchev–Trinajstić information content (AvgIpc) is 2.65. The first kappa shape index (κ1) is 10.6. The fourth-order valence-corrected chi connectivity index (χ4v) is 1.53. The number of carbonyl (C=O) groups excluding carboxylic acids is 1. The lowest BCUT2D eigenvalue weighted by Crippen LogP contribution is -2.14.